The summed E-state index contributed by atoms with van der Waals surface area (Å²) in [6, 6.07) is 9.55. The first-order valence-corrected chi connectivity index (χ1v) is 12.3. The summed E-state index contributed by atoms with van der Waals surface area (Å²) in [5.41, 5.74) is 1.12. The molecule has 0 saturated carbocycles. The first-order chi connectivity index (χ1) is 15.6. The second-order valence-electron chi connectivity index (χ2n) is 8.53. The van der Waals surface area contributed by atoms with E-state index in [2.05, 4.69) is 15.3 Å². The highest BCUT2D eigenvalue weighted by atomic mass is 32.1. The number of piperidine rings is 1. The van der Waals surface area contributed by atoms with E-state index in [0.717, 1.165) is 62.0 Å². The average Bonchev–Trinajstić information content (AvgIpc) is 3.24. The Hall–Kier alpha value is -2.45. The first-order valence-electron chi connectivity index (χ1n) is 11.5. The van der Waals surface area contributed by atoms with Crippen LogP contribution in [0.15, 0.2) is 35.7 Å². The molecule has 3 heterocycles. The van der Waals surface area contributed by atoms with E-state index < -0.39 is 0 Å². The van der Waals surface area contributed by atoms with Gasteiger partial charge in [-0.25, -0.2) is 4.98 Å². The topological polar surface area (TPSA) is 66.0 Å². The molecule has 2 saturated heterocycles. The highest BCUT2D eigenvalue weighted by Crippen LogP contribution is 2.22. The number of hydrogen-bond acceptors (Lipinski definition) is 6. The summed E-state index contributed by atoms with van der Waals surface area (Å²) < 4.78 is 5.64. The minimum atomic E-state index is 0.0346. The number of nitrogens with zero attached hydrogens (tertiary/aromatic N) is 4. The lowest BCUT2D eigenvalue weighted by atomic mass is 9.94. The molecule has 0 aliphatic carbocycles. The molecule has 0 atom stereocenters. The van der Waals surface area contributed by atoms with E-state index in [1.54, 1.807) is 11.3 Å². The monoisotopic (exact) mass is 456 g/mol. The van der Waals surface area contributed by atoms with Gasteiger partial charge in [-0.1, -0.05) is 18.2 Å². The third kappa shape index (κ3) is 6.07. The van der Waals surface area contributed by atoms with Gasteiger partial charge >= 0.3 is 0 Å². The number of carbonyl (C=O) groups excluding carboxylic acids is 2. The quantitative estimate of drug-likeness (QED) is 0.641. The molecule has 0 radical (unpaired) electrons. The van der Waals surface area contributed by atoms with Gasteiger partial charge in [-0.05, 0) is 31.9 Å². The third-order valence-corrected chi connectivity index (χ3v) is 7.08. The van der Waals surface area contributed by atoms with Gasteiger partial charge in [-0.15, -0.1) is 11.3 Å². The molecule has 0 N–H and O–H groups in total. The van der Waals surface area contributed by atoms with Gasteiger partial charge in [-0.3, -0.25) is 14.5 Å². The molecule has 7 nitrogen and oxygen atoms in total. The molecule has 4 rings (SSSR count). The lowest BCUT2D eigenvalue weighted by Crippen LogP contribution is -2.51. The van der Waals surface area contributed by atoms with Crippen molar-refractivity contribution in [1.29, 1.82) is 0 Å². The van der Waals surface area contributed by atoms with Crippen molar-refractivity contribution in [3.8, 4) is 5.75 Å². The fourth-order valence-electron chi connectivity index (χ4n) is 4.40. The first kappa shape index (κ1) is 22.7. The van der Waals surface area contributed by atoms with Crippen LogP contribution < -0.4 is 4.74 Å². The number of likely N-dealkylation sites (tertiary alicyclic amines) is 1. The lowest BCUT2D eigenvalue weighted by molar-refractivity contribution is -0.142. The molecule has 172 valence electrons. The fourth-order valence-corrected chi connectivity index (χ4v) is 5.01. The van der Waals surface area contributed by atoms with Crippen molar-refractivity contribution in [2.75, 3.05) is 45.9 Å². The molecule has 2 aromatic rings. The summed E-state index contributed by atoms with van der Waals surface area (Å²) in [5.74, 6) is 1.19. The zero-order chi connectivity index (χ0) is 22.3. The summed E-state index contributed by atoms with van der Waals surface area (Å²) in [6.45, 7) is 7.92. The van der Waals surface area contributed by atoms with Crippen LogP contribution >= 0.6 is 11.3 Å². The molecule has 8 heteroatoms. The van der Waals surface area contributed by atoms with E-state index in [1.807, 2.05) is 47.1 Å². The van der Waals surface area contributed by atoms with Gasteiger partial charge in [0.15, 0.2) is 0 Å². The molecule has 2 aliphatic rings. The molecule has 0 spiro atoms. The number of benzene rings is 1. The maximum absolute atomic E-state index is 13.0. The second kappa shape index (κ2) is 10.9. The van der Waals surface area contributed by atoms with Crippen LogP contribution in [0, 0.1) is 12.8 Å². The minimum absolute atomic E-state index is 0.0346. The van der Waals surface area contributed by atoms with Crippen LogP contribution in [-0.2, 0) is 16.1 Å². The van der Waals surface area contributed by atoms with Gasteiger partial charge in [0, 0.05) is 57.1 Å². The Balaban J connectivity index is 1.15. The van der Waals surface area contributed by atoms with Crippen LogP contribution in [0.4, 0.5) is 0 Å². The number of rotatable bonds is 7. The summed E-state index contributed by atoms with van der Waals surface area (Å²) in [7, 11) is 0. The van der Waals surface area contributed by atoms with Crippen molar-refractivity contribution in [1.82, 2.24) is 19.7 Å². The lowest BCUT2D eigenvalue weighted by Gasteiger charge is -2.38. The maximum atomic E-state index is 13.0. The van der Waals surface area contributed by atoms with Gasteiger partial charge in [-0.2, -0.15) is 0 Å². The van der Waals surface area contributed by atoms with Crippen LogP contribution in [0.25, 0.3) is 0 Å². The molecular formula is C24H32N4O3S. The Morgan fingerprint density at radius 1 is 1.03 bits per heavy atom. The minimum Gasteiger partial charge on any atom is -0.493 e. The van der Waals surface area contributed by atoms with E-state index >= 15 is 0 Å². The van der Waals surface area contributed by atoms with Gasteiger partial charge < -0.3 is 14.5 Å². The van der Waals surface area contributed by atoms with E-state index in [4.69, 9.17) is 4.74 Å². The van der Waals surface area contributed by atoms with Gasteiger partial charge in [0.25, 0.3) is 0 Å². The van der Waals surface area contributed by atoms with Gasteiger partial charge in [0.05, 0.1) is 23.7 Å². The fraction of sp³-hybridized carbons (Fsp3) is 0.542. The van der Waals surface area contributed by atoms with Crippen molar-refractivity contribution in [2.45, 2.75) is 32.7 Å². The third-order valence-electron chi connectivity index (χ3n) is 6.26. The SMILES string of the molecule is Cc1nc(CN2CCN(C(=O)C3CCN(C(=O)CCOc4ccccc4)CC3)CC2)cs1. The summed E-state index contributed by atoms with van der Waals surface area (Å²) in [4.78, 5) is 36.3. The Labute approximate surface area is 194 Å². The number of amides is 2. The van der Waals surface area contributed by atoms with Crippen LogP contribution in [0.5, 0.6) is 5.75 Å². The number of thiazole rings is 1. The smallest absolute Gasteiger partial charge is 0.225 e. The van der Waals surface area contributed by atoms with E-state index in [0.29, 0.717) is 26.1 Å². The zero-order valence-electron chi connectivity index (χ0n) is 18.7. The summed E-state index contributed by atoms with van der Waals surface area (Å²) in [5, 5.41) is 3.22. The molecule has 1 aromatic heterocycles. The van der Waals surface area contributed by atoms with Crippen LogP contribution in [-0.4, -0.2) is 77.4 Å². The standard InChI is InChI=1S/C24H32N4O3S/c1-19-25-21(18-32-19)17-26-12-14-28(15-13-26)24(30)20-7-10-27(11-8-20)23(29)9-16-31-22-5-3-2-4-6-22/h2-6,18,20H,7-17H2,1H3. The molecule has 2 aliphatic heterocycles. The Morgan fingerprint density at radius 3 is 2.41 bits per heavy atom. The predicted octanol–water partition coefficient (Wildman–Crippen LogP) is 2.80. The highest BCUT2D eigenvalue weighted by Gasteiger charge is 2.31. The Morgan fingerprint density at radius 2 is 1.75 bits per heavy atom. The molecule has 1 aromatic carbocycles. The van der Waals surface area contributed by atoms with Crippen molar-refractivity contribution in [3.05, 3.63) is 46.4 Å². The van der Waals surface area contributed by atoms with Crippen LogP contribution in [0.1, 0.15) is 30.0 Å². The molecular weight excluding hydrogens is 424 g/mol. The largest absolute Gasteiger partial charge is 0.493 e. The van der Waals surface area contributed by atoms with Gasteiger partial charge in [0.1, 0.15) is 5.75 Å². The van der Waals surface area contributed by atoms with Crippen LogP contribution in [0.2, 0.25) is 0 Å². The number of hydrogen-bond donors (Lipinski definition) is 0. The number of aromatic nitrogens is 1. The van der Waals surface area contributed by atoms with Crippen molar-refractivity contribution in [2.24, 2.45) is 5.92 Å². The summed E-state index contributed by atoms with van der Waals surface area (Å²) in [6.07, 6.45) is 1.87. The Bertz CT molecular complexity index is 888. The van der Waals surface area contributed by atoms with Crippen LogP contribution in [0.3, 0.4) is 0 Å². The van der Waals surface area contributed by atoms with E-state index in [-0.39, 0.29) is 17.7 Å². The number of ether oxygens (including phenoxy) is 1. The second-order valence-corrected chi connectivity index (χ2v) is 9.59. The normalized spacial score (nSPS) is 18.0. The maximum Gasteiger partial charge on any atom is 0.225 e. The zero-order valence-corrected chi connectivity index (χ0v) is 19.6. The van der Waals surface area contributed by atoms with E-state index in [9.17, 15) is 9.59 Å². The van der Waals surface area contributed by atoms with Crippen molar-refractivity contribution >= 4 is 23.2 Å². The molecule has 2 amide bonds. The Kier molecular flexibility index (Phi) is 7.76. The summed E-state index contributed by atoms with van der Waals surface area (Å²) >= 11 is 1.69. The molecule has 32 heavy (non-hydrogen) atoms. The van der Waals surface area contributed by atoms with Gasteiger partial charge in [0.2, 0.25) is 11.8 Å². The molecule has 0 bridgehead atoms. The number of para-hydroxylation sites is 1. The van der Waals surface area contributed by atoms with Crippen molar-refractivity contribution in [3.63, 3.8) is 0 Å². The number of carbonyl (C=O) groups is 2. The number of piperazine rings is 1. The molecule has 0 unspecified atom stereocenters. The molecule has 2 fully saturated rings. The number of aryl methyl sites for hydroxylation is 1. The van der Waals surface area contributed by atoms with Crippen molar-refractivity contribution < 1.29 is 14.3 Å². The highest BCUT2D eigenvalue weighted by molar-refractivity contribution is 7.09. The van der Waals surface area contributed by atoms with E-state index in [1.165, 1.54) is 0 Å². The predicted molar refractivity (Wildman–Crippen MR) is 125 cm³/mol. The average molecular weight is 457 g/mol.